The highest BCUT2D eigenvalue weighted by molar-refractivity contribution is 5.06. The van der Waals surface area contributed by atoms with Gasteiger partial charge in [0, 0.05) is 11.9 Å². The van der Waals surface area contributed by atoms with Gasteiger partial charge in [0.25, 0.3) is 0 Å². The van der Waals surface area contributed by atoms with Crippen molar-refractivity contribution in [2.75, 3.05) is 0 Å². The maximum atomic E-state index is 12.2. The minimum atomic E-state index is -4.20. The van der Waals surface area contributed by atoms with Gasteiger partial charge in [-0.3, -0.25) is 4.68 Å². The number of aromatic nitrogens is 2. The molecule has 1 aromatic heterocycles. The van der Waals surface area contributed by atoms with Crippen LogP contribution >= 0.6 is 0 Å². The van der Waals surface area contributed by atoms with Crippen LogP contribution in [0.15, 0.2) is 12.3 Å². The first-order valence-corrected chi connectivity index (χ1v) is 5.02. The van der Waals surface area contributed by atoms with Crippen LogP contribution in [0.3, 0.4) is 0 Å². The molecule has 0 bridgehead atoms. The molecule has 0 spiro atoms. The third-order valence-electron chi connectivity index (χ3n) is 2.31. The fraction of sp³-hybridized carbons (Fsp3) is 0.700. The zero-order valence-electron chi connectivity index (χ0n) is 8.88. The van der Waals surface area contributed by atoms with Crippen molar-refractivity contribution in [3.63, 3.8) is 0 Å². The maximum Gasteiger partial charge on any atom is 0.408 e. The Hall–Kier alpha value is -1.00. The van der Waals surface area contributed by atoms with Crippen LogP contribution in [0.1, 0.15) is 38.3 Å². The van der Waals surface area contributed by atoms with E-state index in [1.807, 2.05) is 13.8 Å². The second-order valence-corrected chi connectivity index (χ2v) is 3.72. The highest BCUT2D eigenvalue weighted by atomic mass is 19.4. The van der Waals surface area contributed by atoms with Crippen molar-refractivity contribution in [1.29, 1.82) is 0 Å². The van der Waals surface area contributed by atoms with Gasteiger partial charge in [-0.25, -0.2) is 0 Å². The molecule has 0 aliphatic heterocycles. The summed E-state index contributed by atoms with van der Waals surface area (Å²) in [7, 11) is 0. The van der Waals surface area contributed by atoms with E-state index in [1.54, 1.807) is 6.07 Å². The van der Waals surface area contributed by atoms with E-state index in [2.05, 4.69) is 5.10 Å². The fourth-order valence-corrected chi connectivity index (χ4v) is 1.64. The molecule has 1 aromatic rings. The molecule has 0 N–H and O–H groups in total. The average molecular weight is 220 g/mol. The first-order valence-electron chi connectivity index (χ1n) is 5.02. The molecule has 0 aliphatic carbocycles. The Balaban J connectivity index is 2.77. The smallest absolute Gasteiger partial charge is 0.260 e. The average Bonchev–Trinajstić information content (AvgIpc) is 2.49. The summed E-state index contributed by atoms with van der Waals surface area (Å²) in [6.07, 6.45) is -0.943. The van der Waals surface area contributed by atoms with Crippen molar-refractivity contribution >= 4 is 0 Å². The Bertz CT molecular complexity index is 304. The van der Waals surface area contributed by atoms with E-state index in [-0.39, 0.29) is 5.92 Å². The molecule has 15 heavy (non-hydrogen) atoms. The third-order valence-corrected chi connectivity index (χ3v) is 2.31. The van der Waals surface area contributed by atoms with Crippen molar-refractivity contribution < 1.29 is 13.2 Å². The molecule has 1 unspecified atom stereocenters. The Morgan fingerprint density at radius 1 is 1.47 bits per heavy atom. The highest BCUT2D eigenvalue weighted by Crippen LogP contribution is 2.23. The third kappa shape index (κ3) is 3.57. The molecule has 0 amide bonds. The lowest BCUT2D eigenvalue weighted by Crippen LogP contribution is -2.21. The number of hydrogen-bond acceptors (Lipinski definition) is 1. The van der Waals surface area contributed by atoms with Crippen molar-refractivity contribution in [3.8, 4) is 0 Å². The number of alkyl halides is 3. The maximum absolute atomic E-state index is 12.2. The number of halogens is 3. The second-order valence-electron chi connectivity index (χ2n) is 3.72. The normalized spacial score (nSPS) is 14.2. The molecule has 2 nitrogen and oxygen atoms in total. The summed E-state index contributed by atoms with van der Waals surface area (Å²) in [5.41, 5.74) is 0.661. The van der Waals surface area contributed by atoms with Crippen molar-refractivity contribution in [2.24, 2.45) is 0 Å². The van der Waals surface area contributed by atoms with Gasteiger partial charge in [-0.15, -0.1) is 0 Å². The van der Waals surface area contributed by atoms with E-state index in [0.717, 1.165) is 17.5 Å². The van der Waals surface area contributed by atoms with E-state index in [4.69, 9.17) is 0 Å². The van der Waals surface area contributed by atoms with Gasteiger partial charge in [0.05, 0.1) is 0 Å². The highest BCUT2D eigenvalue weighted by Gasteiger charge is 2.29. The van der Waals surface area contributed by atoms with E-state index in [0.29, 0.717) is 5.69 Å². The number of hydrogen-bond donors (Lipinski definition) is 0. The predicted octanol–water partition coefficient (Wildman–Crippen LogP) is 3.35. The fourth-order valence-electron chi connectivity index (χ4n) is 1.64. The van der Waals surface area contributed by atoms with E-state index in [9.17, 15) is 13.2 Å². The van der Waals surface area contributed by atoms with Crippen LogP contribution in [0, 0.1) is 0 Å². The lowest BCUT2D eigenvalue weighted by atomic mass is 10.0. The molecule has 0 aliphatic rings. The molecule has 0 radical (unpaired) electrons. The largest absolute Gasteiger partial charge is 0.408 e. The van der Waals surface area contributed by atoms with Crippen LogP contribution in [0.25, 0.3) is 0 Å². The zero-order valence-corrected chi connectivity index (χ0v) is 8.88. The minimum absolute atomic E-state index is 0.125. The molecule has 86 valence electrons. The van der Waals surface area contributed by atoms with Gasteiger partial charge in [-0.2, -0.15) is 18.3 Å². The standard InChI is InChI=1S/C10H15F3N2/c1-3-4-8(2)9-5-6-14-15(9)7-10(11,12)13/h5-6,8H,3-4,7H2,1-2H3. The van der Waals surface area contributed by atoms with E-state index in [1.165, 1.54) is 6.20 Å². The lowest BCUT2D eigenvalue weighted by molar-refractivity contribution is -0.143. The summed E-state index contributed by atoms with van der Waals surface area (Å²) in [6, 6.07) is 1.66. The second kappa shape index (κ2) is 4.68. The van der Waals surface area contributed by atoms with E-state index < -0.39 is 12.7 Å². The molecule has 0 saturated carbocycles. The van der Waals surface area contributed by atoms with Crippen LogP contribution < -0.4 is 0 Å². The molecule has 1 atom stereocenters. The van der Waals surface area contributed by atoms with Gasteiger partial charge in [0.1, 0.15) is 6.54 Å². The van der Waals surface area contributed by atoms with Crippen molar-refractivity contribution in [1.82, 2.24) is 9.78 Å². The molecular weight excluding hydrogens is 205 g/mol. The van der Waals surface area contributed by atoms with Crippen LogP contribution in [-0.2, 0) is 6.54 Å². The topological polar surface area (TPSA) is 17.8 Å². The lowest BCUT2D eigenvalue weighted by Gasteiger charge is -2.14. The molecule has 0 fully saturated rings. The molecule has 1 heterocycles. The first kappa shape index (κ1) is 12.1. The van der Waals surface area contributed by atoms with Crippen molar-refractivity contribution in [2.45, 2.75) is 45.3 Å². The van der Waals surface area contributed by atoms with Gasteiger partial charge in [0.15, 0.2) is 0 Å². The zero-order chi connectivity index (χ0) is 11.5. The number of rotatable bonds is 4. The van der Waals surface area contributed by atoms with Gasteiger partial charge in [-0.1, -0.05) is 20.3 Å². The van der Waals surface area contributed by atoms with Crippen molar-refractivity contribution in [3.05, 3.63) is 18.0 Å². The molecule has 0 saturated heterocycles. The Labute approximate surface area is 87.1 Å². The molecule has 1 rings (SSSR count). The SMILES string of the molecule is CCCC(C)c1ccnn1CC(F)(F)F. The first-order chi connectivity index (χ1) is 6.94. The summed E-state index contributed by atoms with van der Waals surface area (Å²) in [4.78, 5) is 0. The van der Waals surface area contributed by atoms with Gasteiger partial charge in [-0.05, 0) is 18.4 Å². The monoisotopic (exact) mass is 220 g/mol. The summed E-state index contributed by atoms with van der Waals surface area (Å²) < 4.78 is 37.6. The summed E-state index contributed by atoms with van der Waals surface area (Å²) >= 11 is 0. The number of nitrogens with zero attached hydrogens (tertiary/aromatic N) is 2. The quantitative estimate of drug-likeness (QED) is 0.760. The van der Waals surface area contributed by atoms with Gasteiger partial charge >= 0.3 is 6.18 Å². The van der Waals surface area contributed by atoms with Crippen LogP contribution in [0.4, 0.5) is 13.2 Å². The minimum Gasteiger partial charge on any atom is -0.260 e. The summed E-state index contributed by atoms with van der Waals surface area (Å²) in [6.45, 7) is 2.94. The Kier molecular flexibility index (Phi) is 3.77. The van der Waals surface area contributed by atoms with Gasteiger partial charge < -0.3 is 0 Å². The Morgan fingerprint density at radius 2 is 2.13 bits per heavy atom. The molecule has 5 heteroatoms. The Morgan fingerprint density at radius 3 is 2.67 bits per heavy atom. The summed E-state index contributed by atoms with van der Waals surface area (Å²) in [5, 5.41) is 3.70. The van der Waals surface area contributed by atoms with E-state index >= 15 is 0 Å². The van der Waals surface area contributed by atoms with Crippen LogP contribution in [-0.4, -0.2) is 16.0 Å². The molecular formula is C10H15F3N2. The summed E-state index contributed by atoms with van der Waals surface area (Å²) in [5.74, 6) is 0.125. The molecule has 0 aromatic carbocycles. The van der Waals surface area contributed by atoms with Crippen LogP contribution in [0.5, 0.6) is 0 Å². The van der Waals surface area contributed by atoms with Gasteiger partial charge in [0.2, 0.25) is 0 Å². The van der Waals surface area contributed by atoms with Crippen LogP contribution in [0.2, 0.25) is 0 Å². The predicted molar refractivity (Wildman–Crippen MR) is 51.6 cm³/mol.